The number of aryl methyl sites for hydroxylation is 2. The van der Waals surface area contributed by atoms with E-state index in [2.05, 4.69) is 10.3 Å². The Morgan fingerprint density at radius 3 is 2.71 bits per heavy atom. The first-order valence-corrected chi connectivity index (χ1v) is 9.49. The number of rotatable bonds is 6. The second kappa shape index (κ2) is 8.26. The van der Waals surface area contributed by atoms with Gasteiger partial charge in [0.2, 0.25) is 5.91 Å². The molecule has 1 aromatic heterocycles. The summed E-state index contributed by atoms with van der Waals surface area (Å²) in [6.45, 7) is 4.03. The molecule has 0 atom stereocenters. The molecule has 8 heteroatoms. The number of thioether (sulfide) groups is 1. The SMILES string of the molecule is COc1cc([N+](=O)[O-])ccc1NC(=O)CSc1cc(C)c2cccc(C)c2n1. The number of amides is 1. The van der Waals surface area contributed by atoms with Crippen molar-refractivity contribution in [3.63, 3.8) is 0 Å². The second-order valence-electron chi connectivity index (χ2n) is 6.23. The molecule has 0 aliphatic carbocycles. The maximum atomic E-state index is 12.3. The van der Waals surface area contributed by atoms with E-state index >= 15 is 0 Å². The third-order valence-electron chi connectivity index (χ3n) is 4.25. The van der Waals surface area contributed by atoms with Crippen LogP contribution in [0.25, 0.3) is 10.9 Å². The Morgan fingerprint density at radius 2 is 2.00 bits per heavy atom. The van der Waals surface area contributed by atoms with Crippen LogP contribution in [0.3, 0.4) is 0 Å². The number of pyridine rings is 1. The second-order valence-corrected chi connectivity index (χ2v) is 7.22. The fourth-order valence-corrected chi connectivity index (χ4v) is 3.59. The van der Waals surface area contributed by atoms with E-state index in [1.54, 1.807) is 0 Å². The van der Waals surface area contributed by atoms with Crippen molar-refractivity contribution in [2.75, 3.05) is 18.2 Å². The van der Waals surface area contributed by atoms with Crippen molar-refractivity contribution in [1.29, 1.82) is 0 Å². The van der Waals surface area contributed by atoms with Gasteiger partial charge in [0.1, 0.15) is 5.75 Å². The van der Waals surface area contributed by atoms with Gasteiger partial charge < -0.3 is 10.1 Å². The minimum absolute atomic E-state index is 0.101. The van der Waals surface area contributed by atoms with E-state index in [9.17, 15) is 14.9 Å². The number of benzene rings is 2. The van der Waals surface area contributed by atoms with E-state index < -0.39 is 4.92 Å². The largest absolute Gasteiger partial charge is 0.494 e. The molecule has 0 unspecified atom stereocenters. The Kier molecular flexibility index (Phi) is 5.79. The molecule has 0 spiro atoms. The first kappa shape index (κ1) is 19.6. The van der Waals surface area contributed by atoms with Gasteiger partial charge in [-0.1, -0.05) is 30.0 Å². The summed E-state index contributed by atoms with van der Waals surface area (Å²) in [4.78, 5) is 27.3. The van der Waals surface area contributed by atoms with Gasteiger partial charge in [-0.05, 0) is 37.1 Å². The molecular formula is C20H19N3O4S. The molecular weight excluding hydrogens is 378 g/mol. The van der Waals surface area contributed by atoms with Crippen LogP contribution < -0.4 is 10.1 Å². The van der Waals surface area contributed by atoms with Crippen LogP contribution in [-0.2, 0) is 4.79 Å². The third-order valence-corrected chi connectivity index (χ3v) is 5.16. The first-order valence-electron chi connectivity index (χ1n) is 8.51. The van der Waals surface area contributed by atoms with Crippen LogP contribution in [0.15, 0.2) is 47.5 Å². The highest BCUT2D eigenvalue weighted by molar-refractivity contribution is 7.99. The average molecular weight is 397 g/mol. The zero-order chi connectivity index (χ0) is 20.3. The average Bonchev–Trinajstić information content (AvgIpc) is 2.67. The van der Waals surface area contributed by atoms with E-state index in [0.29, 0.717) is 5.69 Å². The zero-order valence-corrected chi connectivity index (χ0v) is 16.5. The van der Waals surface area contributed by atoms with Gasteiger partial charge >= 0.3 is 0 Å². The Labute approximate surface area is 166 Å². The summed E-state index contributed by atoms with van der Waals surface area (Å²) >= 11 is 1.33. The quantitative estimate of drug-likeness (QED) is 0.374. The number of para-hydroxylation sites is 1. The van der Waals surface area contributed by atoms with Crippen molar-refractivity contribution >= 4 is 39.9 Å². The van der Waals surface area contributed by atoms with Crippen LogP contribution in [0.4, 0.5) is 11.4 Å². The molecule has 0 aliphatic heterocycles. The van der Waals surface area contributed by atoms with E-state index in [1.807, 2.05) is 38.1 Å². The molecule has 0 radical (unpaired) electrons. The summed E-state index contributed by atoms with van der Waals surface area (Å²) < 4.78 is 5.14. The summed E-state index contributed by atoms with van der Waals surface area (Å²) in [5.41, 5.74) is 3.41. The molecule has 0 bridgehead atoms. The highest BCUT2D eigenvalue weighted by atomic mass is 32.2. The number of nitrogens with one attached hydrogen (secondary N) is 1. The van der Waals surface area contributed by atoms with Crippen LogP contribution in [0.5, 0.6) is 5.75 Å². The standard InChI is InChI=1S/C20H19N3O4S/c1-12-5-4-6-15-13(2)9-19(22-20(12)15)28-11-18(24)21-16-8-7-14(23(25)26)10-17(16)27-3/h4-10H,11H2,1-3H3,(H,21,24). The van der Waals surface area contributed by atoms with Crippen LogP contribution in [0, 0.1) is 24.0 Å². The normalized spacial score (nSPS) is 10.7. The lowest BCUT2D eigenvalue weighted by molar-refractivity contribution is -0.384. The topological polar surface area (TPSA) is 94.4 Å². The van der Waals surface area contributed by atoms with E-state index in [0.717, 1.165) is 27.1 Å². The molecule has 0 fully saturated rings. The number of carbonyl (C=O) groups is 1. The molecule has 3 aromatic rings. The number of fused-ring (bicyclic) bond motifs is 1. The molecule has 3 rings (SSSR count). The highest BCUT2D eigenvalue weighted by Crippen LogP contribution is 2.30. The van der Waals surface area contributed by atoms with Gasteiger partial charge in [0, 0.05) is 11.5 Å². The molecule has 0 saturated heterocycles. The molecule has 0 saturated carbocycles. The smallest absolute Gasteiger partial charge is 0.273 e. The predicted molar refractivity (Wildman–Crippen MR) is 110 cm³/mol. The minimum Gasteiger partial charge on any atom is -0.494 e. The van der Waals surface area contributed by atoms with Gasteiger partial charge in [-0.2, -0.15) is 0 Å². The summed E-state index contributed by atoms with van der Waals surface area (Å²) in [7, 11) is 1.40. The lowest BCUT2D eigenvalue weighted by Crippen LogP contribution is -2.15. The fraction of sp³-hybridized carbons (Fsp3) is 0.200. The van der Waals surface area contributed by atoms with E-state index in [1.165, 1.54) is 37.1 Å². The molecule has 1 amide bonds. The number of nitrogens with zero attached hydrogens (tertiary/aromatic N) is 2. The number of hydrogen-bond donors (Lipinski definition) is 1. The number of nitro groups is 1. The van der Waals surface area contributed by atoms with Gasteiger partial charge in [-0.25, -0.2) is 4.98 Å². The summed E-state index contributed by atoms with van der Waals surface area (Å²) in [6.07, 6.45) is 0. The summed E-state index contributed by atoms with van der Waals surface area (Å²) in [6, 6.07) is 12.1. The van der Waals surface area contributed by atoms with Crippen molar-refractivity contribution in [3.05, 3.63) is 63.7 Å². The first-order chi connectivity index (χ1) is 13.4. The Balaban J connectivity index is 1.72. The van der Waals surface area contributed by atoms with E-state index in [-0.39, 0.29) is 23.1 Å². The highest BCUT2D eigenvalue weighted by Gasteiger charge is 2.14. The molecule has 7 nitrogen and oxygen atoms in total. The van der Waals surface area contributed by atoms with Crippen molar-refractivity contribution < 1.29 is 14.5 Å². The Hall–Kier alpha value is -3.13. The molecule has 28 heavy (non-hydrogen) atoms. The van der Waals surface area contributed by atoms with Crippen molar-refractivity contribution in [2.45, 2.75) is 18.9 Å². The predicted octanol–water partition coefficient (Wildman–Crippen LogP) is 4.50. The van der Waals surface area contributed by atoms with Crippen molar-refractivity contribution in [1.82, 2.24) is 4.98 Å². The van der Waals surface area contributed by atoms with E-state index in [4.69, 9.17) is 4.74 Å². The van der Waals surface area contributed by atoms with Crippen molar-refractivity contribution in [3.8, 4) is 5.75 Å². The third kappa shape index (κ3) is 4.23. The van der Waals surface area contributed by atoms with Crippen LogP contribution in [0.1, 0.15) is 11.1 Å². The van der Waals surface area contributed by atoms with Gasteiger partial charge in [0.05, 0.1) is 40.1 Å². The number of methoxy groups -OCH3 is 1. The number of carbonyl (C=O) groups excluding carboxylic acids is 1. The maximum absolute atomic E-state index is 12.3. The van der Waals surface area contributed by atoms with Gasteiger partial charge in [-0.3, -0.25) is 14.9 Å². The molecule has 0 aliphatic rings. The monoisotopic (exact) mass is 397 g/mol. The fourth-order valence-electron chi connectivity index (χ4n) is 2.83. The van der Waals surface area contributed by atoms with Gasteiger partial charge in [0.25, 0.3) is 5.69 Å². The lowest BCUT2D eigenvalue weighted by atomic mass is 10.1. The molecule has 144 valence electrons. The summed E-state index contributed by atoms with van der Waals surface area (Å²) in [5, 5.41) is 15.5. The molecule has 1 heterocycles. The number of nitro benzene ring substituents is 1. The number of aromatic nitrogens is 1. The van der Waals surface area contributed by atoms with Crippen molar-refractivity contribution in [2.24, 2.45) is 0 Å². The Morgan fingerprint density at radius 1 is 1.21 bits per heavy atom. The van der Waals surface area contributed by atoms with Gasteiger partial charge in [-0.15, -0.1) is 0 Å². The van der Waals surface area contributed by atoms with Crippen LogP contribution >= 0.6 is 11.8 Å². The number of hydrogen-bond acceptors (Lipinski definition) is 6. The van der Waals surface area contributed by atoms with Crippen LogP contribution in [-0.4, -0.2) is 28.7 Å². The maximum Gasteiger partial charge on any atom is 0.273 e. The summed E-state index contributed by atoms with van der Waals surface area (Å²) in [5.74, 6) is 0.147. The lowest BCUT2D eigenvalue weighted by Gasteiger charge is -2.10. The number of ether oxygens (including phenoxy) is 1. The molecule has 2 aromatic carbocycles. The minimum atomic E-state index is -0.514. The molecule has 1 N–H and O–H groups in total. The van der Waals surface area contributed by atoms with Crippen LogP contribution in [0.2, 0.25) is 0 Å². The Bertz CT molecular complexity index is 1070. The zero-order valence-electron chi connectivity index (χ0n) is 15.7. The van der Waals surface area contributed by atoms with Gasteiger partial charge in [0.15, 0.2) is 0 Å². The number of anilines is 1. The number of non-ortho nitro benzene ring substituents is 1.